The van der Waals surface area contributed by atoms with Crippen LogP contribution in [0.2, 0.25) is 0 Å². The second-order valence-electron chi connectivity index (χ2n) is 6.71. The number of rotatable bonds is 6. The largest absolute Gasteiger partial charge is 0.313 e. The predicted octanol–water partition coefficient (Wildman–Crippen LogP) is 3.99. The van der Waals surface area contributed by atoms with Gasteiger partial charge in [0.2, 0.25) is 0 Å². The molecule has 0 radical (unpaired) electrons. The molecule has 3 rings (SSSR count). The first-order chi connectivity index (χ1) is 9.83. The molecule has 2 heteroatoms. The van der Waals surface area contributed by atoms with Crippen molar-refractivity contribution in [1.29, 1.82) is 0 Å². The molecule has 0 bridgehead atoms. The zero-order chi connectivity index (χ0) is 13.9. The molecular formula is C18H28N2. The fourth-order valence-electron chi connectivity index (χ4n) is 4.37. The minimum atomic E-state index is 0.526. The minimum absolute atomic E-state index is 0.526. The van der Waals surface area contributed by atoms with Gasteiger partial charge in [0.05, 0.1) is 0 Å². The van der Waals surface area contributed by atoms with E-state index in [1.807, 2.05) is 12.3 Å². The SMILES string of the molecule is CCCNC(C(C)c1ccccn1)C1C2CCCCC21. The Morgan fingerprint density at radius 2 is 2.00 bits per heavy atom. The van der Waals surface area contributed by atoms with E-state index in [1.54, 1.807) is 0 Å². The molecule has 1 heterocycles. The Morgan fingerprint density at radius 3 is 2.60 bits per heavy atom. The van der Waals surface area contributed by atoms with Gasteiger partial charge in [-0.25, -0.2) is 0 Å². The smallest absolute Gasteiger partial charge is 0.0447 e. The van der Waals surface area contributed by atoms with Crippen LogP contribution in [0.5, 0.6) is 0 Å². The highest BCUT2D eigenvalue weighted by Crippen LogP contribution is 2.58. The molecule has 2 aliphatic carbocycles. The van der Waals surface area contributed by atoms with E-state index in [1.165, 1.54) is 37.8 Å². The van der Waals surface area contributed by atoms with Gasteiger partial charge >= 0.3 is 0 Å². The van der Waals surface area contributed by atoms with Crippen molar-refractivity contribution in [3.63, 3.8) is 0 Å². The standard InChI is InChI=1S/C18H28N2/c1-3-11-20-18(13(2)16-10-6-7-12-19-16)17-14-8-4-5-9-15(14)17/h6-7,10,12-15,17-18,20H,3-5,8-9,11H2,1-2H3. The fourth-order valence-corrected chi connectivity index (χ4v) is 4.37. The molecule has 2 nitrogen and oxygen atoms in total. The molecule has 20 heavy (non-hydrogen) atoms. The van der Waals surface area contributed by atoms with E-state index in [-0.39, 0.29) is 0 Å². The zero-order valence-corrected chi connectivity index (χ0v) is 12.9. The third-order valence-electron chi connectivity index (χ3n) is 5.46. The summed E-state index contributed by atoms with van der Waals surface area (Å²) in [6.07, 6.45) is 8.99. The van der Waals surface area contributed by atoms with E-state index in [0.717, 1.165) is 24.3 Å². The van der Waals surface area contributed by atoms with Crippen molar-refractivity contribution < 1.29 is 0 Å². The molecule has 4 atom stereocenters. The molecule has 0 spiro atoms. The number of hydrogen-bond donors (Lipinski definition) is 1. The highest BCUT2D eigenvalue weighted by atomic mass is 15.0. The van der Waals surface area contributed by atoms with E-state index in [9.17, 15) is 0 Å². The van der Waals surface area contributed by atoms with Crippen LogP contribution in [0.25, 0.3) is 0 Å². The van der Waals surface area contributed by atoms with Gasteiger partial charge in [-0.1, -0.05) is 32.8 Å². The molecule has 1 N–H and O–H groups in total. The molecule has 0 aromatic carbocycles. The molecule has 2 aliphatic rings. The summed E-state index contributed by atoms with van der Waals surface area (Å²) >= 11 is 0. The molecular weight excluding hydrogens is 244 g/mol. The van der Waals surface area contributed by atoms with Crippen molar-refractivity contribution in [3.05, 3.63) is 30.1 Å². The number of fused-ring (bicyclic) bond motifs is 1. The Labute approximate surface area is 123 Å². The molecule has 0 amide bonds. The molecule has 110 valence electrons. The molecule has 2 saturated carbocycles. The Bertz CT molecular complexity index is 405. The van der Waals surface area contributed by atoms with E-state index < -0.39 is 0 Å². The van der Waals surface area contributed by atoms with Crippen LogP contribution in [0.4, 0.5) is 0 Å². The quantitative estimate of drug-likeness (QED) is 0.847. The number of nitrogens with zero attached hydrogens (tertiary/aromatic N) is 1. The third kappa shape index (κ3) is 2.76. The normalized spacial score (nSPS) is 31.4. The molecule has 0 saturated heterocycles. The Morgan fingerprint density at radius 1 is 1.25 bits per heavy atom. The topological polar surface area (TPSA) is 24.9 Å². The predicted molar refractivity (Wildman–Crippen MR) is 83.7 cm³/mol. The van der Waals surface area contributed by atoms with Gasteiger partial charge in [-0.15, -0.1) is 0 Å². The van der Waals surface area contributed by atoms with Crippen molar-refractivity contribution in [2.45, 2.75) is 57.9 Å². The molecule has 2 fully saturated rings. The number of nitrogens with one attached hydrogen (secondary N) is 1. The lowest BCUT2D eigenvalue weighted by Crippen LogP contribution is -2.37. The average Bonchev–Trinajstić information content (AvgIpc) is 3.23. The Hall–Kier alpha value is -0.890. The summed E-state index contributed by atoms with van der Waals surface area (Å²) in [5.41, 5.74) is 1.25. The van der Waals surface area contributed by atoms with Gasteiger partial charge in [0.1, 0.15) is 0 Å². The van der Waals surface area contributed by atoms with Crippen LogP contribution in [-0.4, -0.2) is 17.6 Å². The van der Waals surface area contributed by atoms with Crippen molar-refractivity contribution in [1.82, 2.24) is 10.3 Å². The fraction of sp³-hybridized carbons (Fsp3) is 0.722. The van der Waals surface area contributed by atoms with Crippen molar-refractivity contribution >= 4 is 0 Å². The highest BCUT2D eigenvalue weighted by Gasteiger charge is 2.55. The maximum absolute atomic E-state index is 4.60. The summed E-state index contributed by atoms with van der Waals surface area (Å²) in [6, 6.07) is 6.95. The lowest BCUT2D eigenvalue weighted by Gasteiger charge is -2.26. The lowest BCUT2D eigenvalue weighted by molar-refractivity contribution is 0.376. The zero-order valence-electron chi connectivity index (χ0n) is 12.9. The summed E-state index contributed by atoms with van der Waals surface area (Å²) in [5, 5.41) is 3.85. The van der Waals surface area contributed by atoms with Crippen LogP contribution in [-0.2, 0) is 0 Å². The summed E-state index contributed by atoms with van der Waals surface area (Å²) in [5.74, 6) is 3.44. The Balaban J connectivity index is 1.73. The first-order valence-electron chi connectivity index (χ1n) is 8.47. The Kier molecular flexibility index (Phi) is 4.40. The summed E-state index contributed by atoms with van der Waals surface area (Å²) in [6.45, 7) is 5.76. The number of pyridine rings is 1. The van der Waals surface area contributed by atoms with E-state index in [2.05, 4.69) is 36.3 Å². The first kappa shape index (κ1) is 14.1. The second-order valence-corrected chi connectivity index (χ2v) is 6.71. The highest BCUT2D eigenvalue weighted by molar-refractivity contribution is 5.16. The number of aromatic nitrogens is 1. The minimum Gasteiger partial charge on any atom is -0.313 e. The molecule has 1 aromatic rings. The lowest BCUT2D eigenvalue weighted by atomic mass is 9.91. The molecule has 1 aromatic heterocycles. The van der Waals surface area contributed by atoms with Gasteiger partial charge in [0.25, 0.3) is 0 Å². The van der Waals surface area contributed by atoms with Crippen LogP contribution >= 0.6 is 0 Å². The summed E-state index contributed by atoms with van der Waals surface area (Å²) in [7, 11) is 0. The third-order valence-corrected chi connectivity index (χ3v) is 5.46. The van der Waals surface area contributed by atoms with Crippen molar-refractivity contribution in [3.8, 4) is 0 Å². The van der Waals surface area contributed by atoms with E-state index >= 15 is 0 Å². The average molecular weight is 272 g/mol. The van der Waals surface area contributed by atoms with Gasteiger partial charge in [0.15, 0.2) is 0 Å². The van der Waals surface area contributed by atoms with Gasteiger partial charge in [0, 0.05) is 23.9 Å². The summed E-state index contributed by atoms with van der Waals surface area (Å²) in [4.78, 5) is 4.60. The van der Waals surface area contributed by atoms with E-state index in [4.69, 9.17) is 0 Å². The maximum atomic E-state index is 4.60. The van der Waals surface area contributed by atoms with Crippen molar-refractivity contribution in [2.75, 3.05) is 6.54 Å². The van der Waals surface area contributed by atoms with Crippen LogP contribution in [0, 0.1) is 17.8 Å². The maximum Gasteiger partial charge on any atom is 0.0447 e. The second kappa shape index (κ2) is 6.26. The van der Waals surface area contributed by atoms with Gasteiger partial charge in [-0.05, 0) is 55.7 Å². The van der Waals surface area contributed by atoms with Crippen LogP contribution in [0.3, 0.4) is 0 Å². The van der Waals surface area contributed by atoms with Crippen LogP contribution in [0.1, 0.15) is 57.6 Å². The van der Waals surface area contributed by atoms with Gasteiger partial charge in [-0.2, -0.15) is 0 Å². The van der Waals surface area contributed by atoms with E-state index in [0.29, 0.717) is 12.0 Å². The molecule has 4 unspecified atom stereocenters. The molecule has 0 aliphatic heterocycles. The van der Waals surface area contributed by atoms with Gasteiger partial charge < -0.3 is 5.32 Å². The number of hydrogen-bond acceptors (Lipinski definition) is 2. The van der Waals surface area contributed by atoms with Crippen molar-refractivity contribution in [2.24, 2.45) is 17.8 Å². The van der Waals surface area contributed by atoms with Crippen LogP contribution < -0.4 is 5.32 Å². The van der Waals surface area contributed by atoms with Crippen LogP contribution in [0.15, 0.2) is 24.4 Å². The monoisotopic (exact) mass is 272 g/mol. The van der Waals surface area contributed by atoms with Gasteiger partial charge in [-0.3, -0.25) is 4.98 Å². The summed E-state index contributed by atoms with van der Waals surface area (Å²) < 4.78 is 0. The first-order valence-corrected chi connectivity index (χ1v) is 8.47.